The molecule has 1 aromatic carbocycles. The van der Waals surface area contributed by atoms with Gasteiger partial charge in [-0.15, -0.1) is 0 Å². The van der Waals surface area contributed by atoms with Crippen molar-refractivity contribution in [3.8, 4) is 0 Å². The van der Waals surface area contributed by atoms with Gasteiger partial charge >= 0.3 is 0 Å². The van der Waals surface area contributed by atoms with Gasteiger partial charge in [-0.05, 0) is 25.8 Å². The van der Waals surface area contributed by atoms with E-state index in [-0.39, 0.29) is 11.8 Å². The number of fused-ring (bicyclic) bond motifs is 1. The number of thiazole rings is 1. The summed E-state index contributed by atoms with van der Waals surface area (Å²) in [6.07, 6.45) is 3.89. The highest BCUT2D eigenvalue weighted by Gasteiger charge is 2.38. The van der Waals surface area contributed by atoms with Crippen molar-refractivity contribution in [3.05, 3.63) is 23.8 Å². The van der Waals surface area contributed by atoms with Gasteiger partial charge in [-0.25, -0.2) is 4.98 Å². The van der Waals surface area contributed by atoms with Crippen molar-refractivity contribution >= 4 is 32.6 Å². The molecule has 2 aromatic rings. The molecule has 5 nitrogen and oxygen atoms in total. The first kappa shape index (κ1) is 16.4. The largest absolute Gasteiger partial charge is 0.380 e. The molecule has 1 aliphatic carbocycles. The summed E-state index contributed by atoms with van der Waals surface area (Å²) in [7, 11) is 1.67. The van der Waals surface area contributed by atoms with Crippen molar-refractivity contribution < 1.29 is 9.53 Å². The van der Waals surface area contributed by atoms with Crippen LogP contribution in [0.15, 0.2) is 18.2 Å². The summed E-state index contributed by atoms with van der Waals surface area (Å²) >= 11 is 1.49. The van der Waals surface area contributed by atoms with E-state index in [1.807, 2.05) is 25.1 Å². The second-order valence-corrected chi connectivity index (χ2v) is 7.54. The van der Waals surface area contributed by atoms with Crippen molar-refractivity contribution in [1.29, 1.82) is 0 Å². The lowest BCUT2D eigenvalue weighted by molar-refractivity contribution is -0.122. The van der Waals surface area contributed by atoms with Crippen LogP contribution in [0.3, 0.4) is 0 Å². The Morgan fingerprint density at radius 3 is 3.09 bits per heavy atom. The number of carbonyl (C=O) groups excluding carboxylic acids is 1. The lowest BCUT2D eigenvalue weighted by atomic mass is 9.74. The van der Waals surface area contributed by atoms with Gasteiger partial charge in [-0.1, -0.05) is 36.3 Å². The summed E-state index contributed by atoms with van der Waals surface area (Å²) in [6.45, 7) is 2.49. The lowest BCUT2D eigenvalue weighted by Crippen LogP contribution is -2.51. The van der Waals surface area contributed by atoms with Crippen LogP contribution in [0.2, 0.25) is 0 Å². The number of amides is 1. The highest BCUT2D eigenvalue weighted by Crippen LogP contribution is 2.34. The van der Waals surface area contributed by atoms with Crippen LogP contribution in [0.4, 0.5) is 5.13 Å². The monoisotopic (exact) mass is 333 g/mol. The maximum absolute atomic E-state index is 12.6. The Bertz CT molecular complexity index is 711. The molecule has 1 heterocycles. The summed E-state index contributed by atoms with van der Waals surface area (Å²) < 4.78 is 6.26. The molecule has 0 aliphatic heterocycles. The zero-order valence-corrected chi connectivity index (χ0v) is 14.4. The van der Waals surface area contributed by atoms with Crippen LogP contribution in [-0.2, 0) is 16.1 Å². The number of hydrogen-bond donors (Lipinski definition) is 2. The number of nitrogens with one attached hydrogen (secondary N) is 1. The van der Waals surface area contributed by atoms with Crippen molar-refractivity contribution in [2.45, 2.75) is 44.8 Å². The van der Waals surface area contributed by atoms with Gasteiger partial charge in [0, 0.05) is 18.2 Å². The van der Waals surface area contributed by atoms with Crippen LogP contribution in [0.5, 0.6) is 0 Å². The summed E-state index contributed by atoms with van der Waals surface area (Å²) in [4.78, 5) is 17.2. The summed E-state index contributed by atoms with van der Waals surface area (Å²) in [5, 5.41) is 3.61. The number of aromatic nitrogens is 1. The van der Waals surface area contributed by atoms with Gasteiger partial charge in [0.2, 0.25) is 5.91 Å². The minimum atomic E-state index is -0.430. The molecular weight excluding hydrogens is 310 g/mol. The van der Waals surface area contributed by atoms with E-state index in [0.717, 1.165) is 41.5 Å². The topological polar surface area (TPSA) is 77.2 Å². The predicted molar refractivity (Wildman–Crippen MR) is 93.5 cm³/mol. The van der Waals surface area contributed by atoms with Crippen LogP contribution in [0.25, 0.3) is 10.2 Å². The lowest BCUT2D eigenvalue weighted by Gasteiger charge is -2.36. The van der Waals surface area contributed by atoms with Crippen LogP contribution < -0.4 is 11.1 Å². The van der Waals surface area contributed by atoms with Crippen LogP contribution >= 0.6 is 11.3 Å². The van der Waals surface area contributed by atoms with Crippen LogP contribution in [0.1, 0.15) is 38.2 Å². The fourth-order valence-corrected chi connectivity index (χ4v) is 4.23. The van der Waals surface area contributed by atoms with E-state index >= 15 is 0 Å². The molecule has 3 rings (SSSR count). The minimum absolute atomic E-state index is 0.0120. The molecular formula is C17H23N3O2S. The number of hydrogen-bond acceptors (Lipinski definition) is 5. The number of nitrogens with two attached hydrogens (primary N) is 1. The maximum Gasteiger partial charge on any atom is 0.231 e. The summed E-state index contributed by atoms with van der Waals surface area (Å²) in [5.41, 5.74) is 7.82. The number of para-hydroxylation sites is 1. The normalized spacial score (nSPS) is 24.7. The number of benzene rings is 1. The van der Waals surface area contributed by atoms with Crippen LogP contribution in [0, 0.1) is 5.92 Å². The van der Waals surface area contributed by atoms with Crippen molar-refractivity contribution in [2.24, 2.45) is 11.7 Å². The first-order chi connectivity index (χ1) is 11.0. The van der Waals surface area contributed by atoms with E-state index in [2.05, 4.69) is 10.3 Å². The second kappa shape index (κ2) is 6.55. The molecule has 0 bridgehead atoms. The molecule has 0 radical (unpaired) electrons. The van der Waals surface area contributed by atoms with Gasteiger partial charge in [0.1, 0.15) is 0 Å². The molecule has 1 aliphatic rings. The third-order valence-electron chi connectivity index (χ3n) is 4.60. The Hall–Kier alpha value is -1.50. The van der Waals surface area contributed by atoms with E-state index in [1.54, 1.807) is 7.11 Å². The molecule has 1 amide bonds. The zero-order valence-electron chi connectivity index (χ0n) is 13.6. The summed E-state index contributed by atoms with van der Waals surface area (Å²) in [6, 6.07) is 5.99. The van der Waals surface area contributed by atoms with Crippen molar-refractivity contribution in [1.82, 2.24) is 4.98 Å². The molecule has 1 fully saturated rings. The zero-order chi connectivity index (χ0) is 16.4. The van der Waals surface area contributed by atoms with Crippen molar-refractivity contribution in [3.63, 3.8) is 0 Å². The average Bonchev–Trinajstić information content (AvgIpc) is 2.90. The van der Waals surface area contributed by atoms with Gasteiger partial charge in [0.05, 0.1) is 22.7 Å². The molecule has 6 heteroatoms. The molecule has 1 aromatic heterocycles. The Morgan fingerprint density at radius 2 is 2.35 bits per heavy atom. The van der Waals surface area contributed by atoms with E-state index in [1.165, 1.54) is 11.3 Å². The van der Waals surface area contributed by atoms with Gasteiger partial charge in [0.15, 0.2) is 5.13 Å². The quantitative estimate of drug-likeness (QED) is 0.900. The molecule has 3 N–H and O–H groups in total. The summed E-state index contributed by atoms with van der Waals surface area (Å²) in [5.74, 6) is -0.163. The average molecular weight is 333 g/mol. The predicted octanol–water partition coefficient (Wildman–Crippen LogP) is 3.29. The second-order valence-electron chi connectivity index (χ2n) is 6.51. The third kappa shape index (κ3) is 3.39. The van der Waals surface area contributed by atoms with E-state index in [9.17, 15) is 4.79 Å². The van der Waals surface area contributed by atoms with E-state index < -0.39 is 5.54 Å². The number of methoxy groups -OCH3 is 1. The molecule has 0 saturated heterocycles. The minimum Gasteiger partial charge on any atom is -0.380 e. The number of rotatable bonds is 4. The number of ether oxygens (including phenoxy) is 1. The first-order valence-electron chi connectivity index (χ1n) is 7.98. The molecule has 1 saturated carbocycles. The Morgan fingerprint density at radius 1 is 1.52 bits per heavy atom. The fourth-order valence-electron chi connectivity index (χ4n) is 3.31. The number of carbonyl (C=O) groups is 1. The molecule has 2 atom stereocenters. The standard InChI is InChI=1S/C17H23N3O2S/c1-17(18)9-4-3-7-12(17)15(21)20-16-19-14-11(10-22-2)6-5-8-13(14)23-16/h5-6,8,12H,3-4,7,9-10,18H2,1-2H3,(H,19,20,21). The fraction of sp³-hybridized carbons (Fsp3) is 0.529. The van der Waals surface area contributed by atoms with Gasteiger partial charge in [-0.2, -0.15) is 0 Å². The van der Waals surface area contributed by atoms with Crippen molar-refractivity contribution in [2.75, 3.05) is 12.4 Å². The Balaban J connectivity index is 1.81. The van der Waals surface area contributed by atoms with Gasteiger partial charge in [0.25, 0.3) is 0 Å². The van der Waals surface area contributed by atoms with Crippen LogP contribution in [-0.4, -0.2) is 23.5 Å². The van der Waals surface area contributed by atoms with E-state index in [4.69, 9.17) is 10.5 Å². The maximum atomic E-state index is 12.6. The Kier molecular flexibility index (Phi) is 4.66. The highest BCUT2D eigenvalue weighted by molar-refractivity contribution is 7.22. The molecule has 2 unspecified atom stereocenters. The van der Waals surface area contributed by atoms with E-state index in [0.29, 0.717) is 11.7 Å². The third-order valence-corrected chi connectivity index (χ3v) is 5.54. The smallest absolute Gasteiger partial charge is 0.231 e. The van der Waals surface area contributed by atoms with Gasteiger partial charge in [-0.3, -0.25) is 4.79 Å². The Labute approximate surface area is 140 Å². The molecule has 124 valence electrons. The van der Waals surface area contributed by atoms with Gasteiger partial charge < -0.3 is 15.8 Å². The molecule has 0 spiro atoms. The number of anilines is 1. The molecule has 23 heavy (non-hydrogen) atoms. The first-order valence-corrected chi connectivity index (χ1v) is 8.80. The highest BCUT2D eigenvalue weighted by atomic mass is 32.1. The SMILES string of the molecule is COCc1cccc2sc(NC(=O)C3CCCCC3(C)N)nc12. The number of nitrogens with zero attached hydrogens (tertiary/aromatic N) is 1.